The van der Waals surface area contributed by atoms with Crippen LogP contribution in [0.2, 0.25) is 0 Å². The Bertz CT molecular complexity index is 750. The third-order valence-electron chi connectivity index (χ3n) is 5.28. The van der Waals surface area contributed by atoms with E-state index in [1.165, 1.54) is 11.3 Å². The zero-order chi connectivity index (χ0) is 17.3. The zero-order valence-corrected chi connectivity index (χ0v) is 17.3. The third-order valence-corrected chi connectivity index (χ3v) is 6.22. The minimum Gasteiger partial charge on any atom is -0.449 e. The van der Waals surface area contributed by atoms with Gasteiger partial charge in [-0.1, -0.05) is 41.7 Å². The number of nitrogens with zero attached hydrogens (tertiary/aromatic N) is 2. The molecule has 6 nitrogen and oxygen atoms in total. The first kappa shape index (κ1) is 21.8. The van der Waals surface area contributed by atoms with Crippen molar-refractivity contribution in [2.24, 2.45) is 5.41 Å². The summed E-state index contributed by atoms with van der Waals surface area (Å²) >= 11 is 1.36. The van der Waals surface area contributed by atoms with E-state index in [0.717, 1.165) is 49.3 Å². The first-order chi connectivity index (χ1) is 12.1. The summed E-state index contributed by atoms with van der Waals surface area (Å²) in [6.45, 7) is 3.83. The van der Waals surface area contributed by atoms with Crippen molar-refractivity contribution in [1.82, 2.24) is 9.88 Å². The number of piperidine rings is 3. The summed E-state index contributed by atoms with van der Waals surface area (Å²) in [6, 6.07) is 9.78. The fourth-order valence-corrected chi connectivity index (χ4v) is 4.46. The highest BCUT2D eigenvalue weighted by Gasteiger charge is 2.40. The van der Waals surface area contributed by atoms with Crippen molar-refractivity contribution in [2.75, 3.05) is 37.3 Å². The number of halogens is 2. The molecule has 148 valence electrons. The molecular formula is C18H24Cl2N4O2S. The Labute approximate surface area is 175 Å². The summed E-state index contributed by atoms with van der Waals surface area (Å²) in [5.41, 5.74) is 6.98. The molecule has 0 atom stereocenters. The molecule has 1 aromatic heterocycles. The van der Waals surface area contributed by atoms with Crippen LogP contribution < -0.4 is 11.1 Å². The van der Waals surface area contributed by atoms with E-state index in [1.807, 2.05) is 30.3 Å². The Morgan fingerprint density at radius 2 is 1.81 bits per heavy atom. The third kappa shape index (κ3) is 4.85. The SMILES string of the molecule is Cl.Cl.Nc1nc(NC(=O)OCC23CCN(CC2)CC3)c(-c2ccccc2)s1. The molecule has 1 aromatic carbocycles. The van der Waals surface area contributed by atoms with Gasteiger partial charge in [0.05, 0.1) is 11.5 Å². The first-order valence-electron chi connectivity index (χ1n) is 8.61. The minimum absolute atomic E-state index is 0. The molecule has 0 aliphatic carbocycles. The molecule has 3 fully saturated rings. The molecule has 3 aliphatic heterocycles. The number of anilines is 2. The second kappa shape index (κ2) is 9.10. The quantitative estimate of drug-likeness (QED) is 0.756. The smallest absolute Gasteiger partial charge is 0.412 e. The maximum Gasteiger partial charge on any atom is 0.412 e. The van der Waals surface area contributed by atoms with Crippen molar-refractivity contribution < 1.29 is 9.53 Å². The second-order valence-corrected chi connectivity index (χ2v) is 7.92. The Morgan fingerprint density at radius 3 is 2.44 bits per heavy atom. The van der Waals surface area contributed by atoms with Crippen LogP contribution in [0, 0.1) is 5.41 Å². The number of aromatic nitrogens is 1. The largest absolute Gasteiger partial charge is 0.449 e. The van der Waals surface area contributed by atoms with Crippen LogP contribution in [-0.4, -0.2) is 42.2 Å². The summed E-state index contributed by atoms with van der Waals surface area (Å²) in [7, 11) is 0. The predicted octanol–water partition coefficient (Wildman–Crippen LogP) is 4.27. The van der Waals surface area contributed by atoms with Crippen LogP contribution in [0.15, 0.2) is 30.3 Å². The van der Waals surface area contributed by atoms with Crippen LogP contribution in [0.3, 0.4) is 0 Å². The molecule has 1 amide bonds. The summed E-state index contributed by atoms with van der Waals surface area (Å²) in [5.74, 6) is 0.467. The van der Waals surface area contributed by atoms with Gasteiger partial charge in [0.1, 0.15) is 0 Å². The number of nitrogens with two attached hydrogens (primary N) is 1. The van der Waals surface area contributed by atoms with Crippen LogP contribution in [0.25, 0.3) is 10.4 Å². The number of amides is 1. The number of benzene rings is 1. The summed E-state index contributed by atoms with van der Waals surface area (Å²) in [4.78, 5) is 19.9. The molecule has 3 N–H and O–H groups in total. The van der Waals surface area contributed by atoms with Crippen LogP contribution in [0.5, 0.6) is 0 Å². The topological polar surface area (TPSA) is 80.5 Å². The van der Waals surface area contributed by atoms with Gasteiger partial charge in [-0.15, -0.1) is 24.8 Å². The average molecular weight is 431 g/mol. The highest BCUT2D eigenvalue weighted by Crippen LogP contribution is 2.40. The van der Waals surface area contributed by atoms with E-state index in [2.05, 4.69) is 15.2 Å². The van der Waals surface area contributed by atoms with Crippen molar-refractivity contribution >= 4 is 53.2 Å². The number of hydrogen-bond donors (Lipinski definition) is 2. The fourth-order valence-electron chi connectivity index (χ4n) is 3.67. The number of carbonyl (C=O) groups is 1. The van der Waals surface area contributed by atoms with E-state index in [9.17, 15) is 4.79 Å². The van der Waals surface area contributed by atoms with Gasteiger partial charge in [0.15, 0.2) is 10.9 Å². The molecule has 0 spiro atoms. The van der Waals surface area contributed by atoms with Crippen molar-refractivity contribution in [3.63, 3.8) is 0 Å². The van der Waals surface area contributed by atoms with E-state index < -0.39 is 6.09 Å². The van der Waals surface area contributed by atoms with Gasteiger partial charge in [0.25, 0.3) is 0 Å². The lowest BCUT2D eigenvalue weighted by molar-refractivity contribution is -0.0190. The Balaban J connectivity index is 0.00000131. The highest BCUT2D eigenvalue weighted by molar-refractivity contribution is 7.19. The van der Waals surface area contributed by atoms with Gasteiger partial charge >= 0.3 is 6.09 Å². The zero-order valence-electron chi connectivity index (χ0n) is 14.8. The molecule has 27 heavy (non-hydrogen) atoms. The number of nitrogen functional groups attached to an aromatic ring is 1. The second-order valence-electron chi connectivity index (χ2n) is 6.89. The Hall–Kier alpha value is -1.54. The number of thiazole rings is 1. The van der Waals surface area contributed by atoms with Crippen LogP contribution >= 0.6 is 36.2 Å². The number of rotatable bonds is 4. The van der Waals surface area contributed by atoms with Gasteiger partial charge in [-0.25, -0.2) is 9.78 Å². The maximum absolute atomic E-state index is 12.3. The van der Waals surface area contributed by atoms with Crippen molar-refractivity contribution in [2.45, 2.75) is 19.3 Å². The lowest BCUT2D eigenvalue weighted by atomic mass is 9.73. The normalized spacial score (nSPS) is 23.0. The lowest BCUT2D eigenvalue weighted by Crippen LogP contribution is -2.50. The van der Waals surface area contributed by atoms with Crippen molar-refractivity contribution in [1.29, 1.82) is 0 Å². The fraction of sp³-hybridized carbons (Fsp3) is 0.444. The standard InChI is InChI=1S/C18H22N4O2S.2ClH/c19-16-20-15(14(25-16)13-4-2-1-3-5-13)21-17(23)24-12-18-6-9-22(10-7-18)11-8-18;;/h1-5H,6-12H2,(H2,19,20)(H,21,23);2*1H. The van der Waals surface area contributed by atoms with E-state index in [-0.39, 0.29) is 30.2 Å². The molecule has 5 rings (SSSR count). The number of carbonyl (C=O) groups excluding carboxylic acids is 1. The summed E-state index contributed by atoms with van der Waals surface area (Å²) in [6.07, 6.45) is 2.88. The Kier molecular flexibility index (Phi) is 7.33. The molecule has 0 radical (unpaired) electrons. The Morgan fingerprint density at radius 1 is 1.19 bits per heavy atom. The van der Waals surface area contributed by atoms with Crippen LogP contribution in [-0.2, 0) is 4.74 Å². The predicted molar refractivity (Wildman–Crippen MR) is 114 cm³/mol. The van der Waals surface area contributed by atoms with Crippen LogP contribution in [0.4, 0.5) is 15.7 Å². The van der Waals surface area contributed by atoms with E-state index >= 15 is 0 Å². The number of ether oxygens (including phenoxy) is 1. The monoisotopic (exact) mass is 430 g/mol. The van der Waals surface area contributed by atoms with Gasteiger partial charge in [-0.05, 0) is 44.5 Å². The summed E-state index contributed by atoms with van der Waals surface area (Å²) in [5, 5.41) is 3.19. The molecule has 3 saturated heterocycles. The molecule has 0 saturated carbocycles. The van der Waals surface area contributed by atoms with Gasteiger partial charge in [0.2, 0.25) is 0 Å². The molecular weight excluding hydrogens is 407 g/mol. The molecule has 3 aliphatic rings. The average Bonchev–Trinajstić information content (AvgIpc) is 3.02. The number of hydrogen-bond acceptors (Lipinski definition) is 6. The molecule has 2 aromatic rings. The molecule has 9 heteroatoms. The van der Waals surface area contributed by atoms with Gasteiger partial charge in [0, 0.05) is 5.41 Å². The van der Waals surface area contributed by atoms with Crippen molar-refractivity contribution in [3.8, 4) is 10.4 Å². The number of nitrogens with one attached hydrogen (secondary N) is 1. The lowest BCUT2D eigenvalue weighted by Gasteiger charge is -2.47. The molecule has 4 heterocycles. The first-order valence-corrected chi connectivity index (χ1v) is 9.43. The van der Waals surface area contributed by atoms with Crippen LogP contribution in [0.1, 0.15) is 19.3 Å². The van der Waals surface area contributed by atoms with Gasteiger partial charge < -0.3 is 15.4 Å². The van der Waals surface area contributed by atoms with Gasteiger partial charge in [-0.3, -0.25) is 5.32 Å². The molecule has 0 unspecified atom stereocenters. The minimum atomic E-state index is -0.454. The molecule has 2 bridgehead atoms. The van der Waals surface area contributed by atoms with Gasteiger partial charge in [-0.2, -0.15) is 0 Å². The van der Waals surface area contributed by atoms with E-state index in [0.29, 0.717) is 17.6 Å². The van der Waals surface area contributed by atoms with E-state index in [4.69, 9.17) is 10.5 Å². The highest BCUT2D eigenvalue weighted by atomic mass is 35.5. The number of fused-ring (bicyclic) bond motifs is 3. The maximum atomic E-state index is 12.3. The van der Waals surface area contributed by atoms with E-state index in [1.54, 1.807) is 0 Å². The summed E-state index contributed by atoms with van der Waals surface area (Å²) < 4.78 is 5.56. The van der Waals surface area contributed by atoms with Crippen molar-refractivity contribution in [3.05, 3.63) is 30.3 Å².